The van der Waals surface area contributed by atoms with Crippen LogP contribution in [0.1, 0.15) is 5.56 Å². The van der Waals surface area contributed by atoms with Crippen LogP contribution in [0.2, 0.25) is 0 Å². The van der Waals surface area contributed by atoms with Crippen LogP contribution in [0.15, 0.2) is 52.4 Å². The van der Waals surface area contributed by atoms with Gasteiger partial charge in [-0.15, -0.1) is 0 Å². The van der Waals surface area contributed by atoms with Crippen molar-refractivity contribution in [1.82, 2.24) is 9.88 Å². The predicted octanol–water partition coefficient (Wildman–Crippen LogP) is 4.75. The van der Waals surface area contributed by atoms with Crippen molar-refractivity contribution < 1.29 is 18.7 Å². The van der Waals surface area contributed by atoms with Crippen molar-refractivity contribution in [3.8, 4) is 0 Å². The fourth-order valence-corrected chi connectivity index (χ4v) is 3.57. The number of hydrogen-bond acceptors (Lipinski definition) is 2. The standard InChI is InChI=1S/C18H16F2N2O2S/c1-22(18(23)24)7-6-11-8-12(19)3-5-16(11)25-17-10-21-15-9-13(20)2-4-14(15)17/h2-5,8-10,21H,6-7H2,1H3,(H,23,24). The van der Waals surface area contributed by atoms with Crippen molar-refractivity contribution in [2.24, 2.45) is 0 Å². The van der Waals surface area contributed by atoms with Crippen LogP contribution in [-0.2, 0) is 6.42 Å². The lowest BCUT2D eigenvalue weighted by Crippen LogP contribution is -2.27. The lowest BCUT2D eigenvalue weighted by atomic mass is 10.1. The zero-order chi connectivity index (χ0) is 18.0. The van der Waals surface area contributed by atoms with Crippen molar-refractivity contribution in [3.63, 3.8) is 0 Å². The molecule has 0 saturated carbocycles. The highest BCUT2D eigenvalue weighted by molar-refractivity contribution is 7.99. The van der Waals surface area contributed by atoms with E-state index in [1.165, 1.54) is 43.1 Å². The molecule has 3 rings (SSSR count). The van der Waals surface area contributed by atoms with Gasteiger partial charge >= 0.3 is 6.09 Å². The van der Waals surface area contributed by atoms with E-state index in [1.807, 2.05) is 0 Å². The minimum absolute atomic E-state index is 0.269. The fourth-order valence-electron chi connectivity index (χ4n) is 2.50. The van der Waals surface area contributed by atoms with Crippen LogP contribution >= 0.6 is 11.8 Å². The van der Waals surface area contributed by atoms with Gasteiger partial charge in [-0.05, 0) is 48.4 Å². The van der Waals surface area contributed by atoms with E-state index in [2.05, 4.69) is 4.98 Å². The average Bonchev–Trinajstić information content (AvgIpc) is 2.96. The Hall–Kier alpha value is -2.54. The number of nitrogens with zero attached hydrogens (tertiary/aromatic N) is 1. The summed E-state index contributed by atoms with van der Waals surface area (Å²) in [6.07, 6.45) is 1.16. The Labute approximate surface area is 147 Å². The van der Waals surface area contributed by atoms with Gasteiger partial charge in [-0.25, -0.2) is 13.6 Å². The molecule has 1 amide bonds. The highest BCUT2D eigenvalue weighted by Gasteiger charge is 2.12. The lowest BCUT2D eigenvalue weighted by Gasteiger charge is -2.14. The van der Waals surface area contributed by atoms with E-state index in [4.69, 9.17) is 5.11 Å². The number of carboxylic acid groups (broad SMARTS) is 1. The Morgan fingerprint density at radius 2 is 1.88 bits per heavy atom. The van der Waals surface area contributed by atoms with E-state index >= 15 is 0 Å². The summed E-state index contributed by atoms with van der Waals surface area (Å²) in [7, 11) is 1.47. The molecule has 0 aliphatic rings. The number of rotatable bonds is 5. The molecule has 130 valence electrons. The van der Waals surface area contributed by atoms with E-state index in [0.29, 0.717) is 11.9 Å². The smallest absolute Gasteiger partial charge is 0.407 e. The van der Waals surface area contributed by atoms with Crippen molar-refractivity contribution in [3.05, 3.63) is 59.8 Å². The summed E-state index contributed by atoms with van der Waals surface area (Å²) < 4.78 is 26.9. The van der Waals surface area contributed by atoms with Crippen molar-refractivity contribution in [1.29, 1.82) is 0 Å². The van der Waals surface area contributed by atoms with Crippen molar-refractivity contribution in [2.75, 3.05) is 13.6 Å². The maximum atomic E-state index is 13.6. The van der Waals surface area contributed by atoms with E-state index in [9.17, 15) is 13.6 Å². The van der Waals surface area contributed by atoms with Crippen LogP contribution in [0.4, 0.5) is 13.6 Å². The first kappa shape index (κ1) is 17.3. The molecule has 0 aliphatic carbocycles. The molecule has 0 bridgehead atoms. The number of aromatic nitrogens is 1. The first-order valence-electron chi connectivity index (χ1n) is 7.61. The molecule has 0 unspecified atom stereocenters. The molecule has 0 saturated heterocycles. The summed E-state index contributed by atoms with van der Waals surface area (Å²) in [4.78, 5) is 16.8. The summed E-state index contributed by atoms with van der Waals surface area (Å²) in [6.45, 7) is 0.269. The summed E-state index contributed by atoms with van der Waals surface area (Å²) in [5.41, 5.74) is 1.42. The van der Waals surface area contributed by atoms with Crippen LogP contribution in [0.5, 0.6) is 0 Å². The number of benzene rings is 2. The number of hydrogen-bond donors (Lipinski definition) is 2. The Bertz CT molecular complexity index is 927. The molecule has 1 heterocycles. The van der Waals surface area contributed by atoms with Gasteiger partial charge in [0.15, 0.2) is 0 Å². The van der Waals surface area contributed by atoms with Gasteiger partial charge in [-0.3, -0.25) is 0 Å². The molecule has 0 radical (unpaired) electrons. The summed E-state index contributed by atoms with van der Waals surface area (Å²) >= 11 is 1.44. The number of aromatic amines is 1. The Kier molecular flexibility index (Phi) is 4.94. The van der Waals surface area contributed by atoms with E-state index in [-0.39, 0.29) is 18.2 Å². The van der Waals surface area contributed by atoms with Crippen LogP contribution in [0.3, 0.4) is 0 Å². The third-order valence-corrected chi connectivity index (χ3v) is 5.07. The third-order valence-electron chi connectivity index (χ3n) is 3.89. The average molecular weight is 362 g/mol. The number of fused-ring (bicyclic) bond motifs is 1. The second-order valence-corrected chi connectivity index (χ2v) is 6.73. The molecule has 2 N–H and O–H groups in total. The van der Waals surface area contributed by atoms with Gasteiger partial charge in [0, 0.05) is 40.5 Å². The van der Waals surface area contributed by atoms with Gasteiger partial charge in [-0.1, -0.05) is 11.8 Å². The topological polar surface area (TPSA) is 56.3 Å². The largest absolute Gasteiger partial charge is 0.465 e. The Balaban J connectivity index is 1.87. The highest BCUT2D eigenvalue weighted by Crippen LogP contribution is 2.36. The third kappa shape index (κ3) is 3.93. The second-order valence-electron chi connectivity index (χ2n) is 5.65. The molecule has 0 fully saturated rings. The van der Waals surface area contributed by atoms with Gasteiger partial charge in [0.1, 0.15) is 11.6 Å². The first-order chi connectivity index (χ1) is 11.9. The SMILES string of the molecule is CN(CCc1cc(F)ccc1Sc1c[nH]c2cc(F)ccc12)C(=O)O. The van der Waals surface area contributed by atoms with Gasteiger partial charge in [-0.2, -0.15) is 0 Å². The maximum Gasteiger partial charge on any atom is 0.407 e. The van der Waals surface area contributed by atoms with Crippen LogP contribution in [0.25, 0.3) is 10.9 Å². The van der Waals surface area contributed by atoms with E-state index in [0.717, 1.165) is 25.6 Å². The number of H-pyrrole nitrogens is 1. The van der Waals surface area contributed by atoms with E-state index < -0.39 is 6.09 Å². The maximum absolute atomic E-state index is 13.6. The first-order valence-corrected chi connectivity index (χ1v) is 8.42. The molecular weight excluding hydrogens is 346 g/mol. The van der Waals surface area contributed by atoms with Crippen LogP contribution in [0, 0.1) is 11.6 Å². The van der Waals surface area contributed by atoms with Gasteiger partial charge in [0.25, 0.3) is 0 Å². The number of halogens is 2. The summed E-state index contributed by atoms with van der Waals surface area (Å²) in [6, 6.07) is 9.00. The van der Waals surface area contributed by atoms with Crippen LogP contribution < -0.4 is 0 Å². The minimum atomic E-state index is -1.02. The lowest BCUT2D eigenvalue weighted by molar-refractivity contribution is 0.156. The Morgan fingerprint density at radius 1 is 1.16 bits per heavy atom. The molecule has 1 aromatic heterocycles. The Morgan fingerprint density at radius 3 is 2.64 bits per heavy atom. The molecular formula is C18H16F2N2O2S. The molecule has 3 aromatic rings. The van der Waals surface area contributed by atoms with Crippen LogP contribution in [-0.4, -0.2) is 34.7 Å². The molecule has 4 nitrogen and oxygen atoms in total. The number of carbonyl (C=O) groups is 1. The fraction of sp³-hybridized carbons (Fsp3) is 0.167. The minimum Gasteiger partial charge on any atom is -0.465 e. The predicted molar refractivity (Wildman–Crippen MR) is 93.1 cm³/mol. The van der Waals surface area contributed by atoms with Crippen molar-refractivity contribution in [2.45, 2.75) is 16.2 Å². The zero-order valence-electron chi connectivity index (χ0n) is 13.4. The van der Waals surface area contributed by atoms with E-state index in [1.54, 1.807) is 18.3 Å². The monoisotopic (exact) mass is 362 g/mol. The number of nitrogens with one attached hydrogen (secondary N) is 1. The number of amides is 1. The molecule has 0 spiro atoms. The number of likely N-dealkylation sites (N-methyl/N-ethyl adjacent to an activating group) is 1. The molecule has 25 heavy (non-hydrogen) atoms. The molecule has 2 aromatic carbocycles. The molecule has 0 aliphatic heterocycles. The van der Waals surface area contributed by atoms with Gasteiger partial charge in [0.2, 0.25) is 0 Å². The van der Waals surface area contributed by atoms with Crippen molar-refractivity contribution >= 4 is 28.8 Å². The zero-order valence-corrected chi connectivity index (χ0v) is 14.2. The molecule has 7 heteroatoms. The highest BCUT2D eigenvalue weighted by atomic mass is 32.2. The second kappa shape index (κ2) is 7.14. The summed E-state index contributed by atoms with van der Waals surface area (Å²) in [5.74, 6) is -0.677. The van der Waals surface area contributed by atoms with Gasteiger partial charge in [0.05, 0.1) is 0 Å². The normalized spacial score (nSPS) is 11.0. The summed E-state index contributed by atoms with van der Waals surface area (Å²) in [5, 5.41) is 9.82. The quantitative estimate of drug-likeness (QED) is 0.689. The molecule has 0 atom stereocenters. The van der Waals surface area contributed by atoms with Gasteiger partial charge < -0.3 is 15.0 Å².